The Morgan fingerprint density at radius 3 is 2.76 bits per heavy atom. The number of amides is 1. The van der Waals surface area contributed by atoms with E-state index in [0.29, 0.717) is 17.8 Å². The molecular formula is C16H25N3O2. The zero-order valence-electron chi connectivity index (χ0n) is 12.9. The van der Waals surface area contributed by atoms with Crippen LogP contribution in [0.4, 0.5) is 5.69 Å². The van der Waals surface area contributed by atoms with E-state index in [4.69, 9.17) is 10.5 Å². The van der Waals surface area contributed by atoms with E-state index in [1.54, 1.807) is 0 Å². The van der Waals surface area contributed by atoms with E-state index in [1.807, 2.05) is 26.0 Å². The van der Waals surface area contributed by atoms with Crippen molar-refractivity contribution >= 4 is 11.6 Å². The highest BCUT2D eigenvalue weighted by molar-refractivity contribution is 5.99. The molecule has 116 valence electrons. The Morgan fingerprint density at radius 1 is 1.38 bits per heavy atom. The number of ether oxygens (including phenoxy) is 1. The number of nitrogens with one attached hydrogen (secondary N) is 1. The lowest BCUT2D eigenvalue weighted by Crippen LogP contribution is -2.36. The molecule has 0 radical (unpaired) electrons. The molecule has 21 heavy (non-hydrogen) atoms. The number of rotatable bonds is 5. The lowest BCUT2D eigenvalue weighted by atomic mass is 10.0. The first kappa shape index (κ1) is 15.8. The summed E-state index contributed by atoms with van der Waals surface area (Å²) in [6.07, 6.45) is 0.915. The smallest absolute Gasteiger partial charge is 0.253 e. The van der Waals surface area contributed by atoms with E-state index in [-0.39, 0.29) is 5.91 Å². The molecule has 1 aromatic rings. The highest BCUT2D eigenvalue weighted by Crippen LogP contribution is 2.20. The minimum atomic E-state index is -0.0856. The van der Waals surface area contributed by atoms with E-state index in [1.165, 1.54) is 0 Å². The lowest BCUT2D eigenvalue weighted by molar-refractivity contribution is 0.0341. The van der Waals surface area contributed by atoms with Crippen LogP contribution in [0, 0.1) is 6.92 Å². The third kappa shape index (κ3) is 4.19. The molecule has 0 aromatic heterocycles. The largest absolute Gasteiger partial charge is 0.398 e. The zero-order chi connectivity index (χ0) is 15.2. The topological polar surface area (TPSA) is 67.6 Å². The van der Waals surface area contributed by atoms with E-state index in [9.17, 15) is 4.79 Å². The Hall–Kier alpha value is -1.59. The van der Waals surface area contributed by atoms with Crippen molar-refractivity contribution in [2.45, 2.75) is 26.8 Å². The van der Waals surface area contributed by atoms with Gasteiger partial charge >= 0.3 is 0 Å². The van der Waals surface area contributed by atoms with Crippen LogP contribution >= 0.6 is 0 Å². The van der Waals surface area contributed by atoms with Gasteiger partial charge in [0.25, 0.3) is 5.91 Å². The number of nitrogen functional groups attached to an aromatic ring is 1. The Labute approximate surface area is 126 Å². The first-order valence-corrected chi connectivity index (χ1v) is 7.59. The lowest BCUT2D eigenvalue weighted by Gasteiger charge is -2.27. The minimum absolute atomic E-state index is 0.0856. The van der Waals surface area contributed by atoms with Crippen molar-refractivity contribution in [3.63, 3.8) is 0 Å². The van der Waals surface area contributed by atoms with Gasteiger partial charge in [0.15, 0.2) is 0 Å². The van der Waals surface area contributed by atoms with Gasteiger partial charge in [-0.15, -0.1) is 0 Å². The van der Waals surface area contributed by atoms with Gasteiger partial charge in [0.1, 0.15) is 0 Å². The fourth-order valence-corrected chi connectivity index (χ4v) is 2.48. The van der Waals surface area contributed by atoms with Crippen LogP contribution in [0.15, 0.2) is 12.1 Å². The maximum Gasteiger partial charge on any atom is 0.253 e. The second kappa shape index (κ2) is 7.43. The van der Waals surface area contributed by atoms with Crippen LogP contribution in [0.1, 0.15) is 34.8 Å². The molecule has 3 N–H and O–H groups in total. The number of carbonyl (C=O) groups excluding carboxylic acids is 1. The summed E-state index contributed by atoms with van der Waals surface area (Å²) in [6.45, 7) is 9.00. The number of nitrogens with two attached hydrogens (primary N) is 1. The van der Waals surface area contributed by atoms with Crippen molar-refractivity contribution in [1.82, 2.24) is 10.2 Å². The molecule has 1 aliphatic rings. The number of hydrogen-bond acceptors (Lipinski definition) is 4. The first-order valence-electron chi connectivity index (χ1n) is 7.59. The SMILES string of the molecule is CCCNC(=O)c1cc(CN2CCOCC2)c(C)cc1N. The van der Waals surface area contributed by atoms with Crippen LogP contribution in [-0.4, -0.2) is 43.7 Å². The summed E-state index contributed by atoms with van der Waals surface area (Å²) < 4.78 is 5.37. The van der Waals surface area contributed by atoms with Crippen LogP contribution in [0.5, 0.6) is 0 Å². The minimum Gasteiger partial charge on any atom is -0.398 e. The average Bonchev–Trinajstić information content (AvgIpc) is 2.48. The molecule has 0 aliphatic carbocycles. The highest BCUT2D eigenvalue weighted by atomic mass is 16.5. The number of benzene rings is 1. The fourth-order valence-electron chi connectivity index (χ4n) is 2.48. The number of morpholine rings is 1. The maximum atomic E-state index is 12.2. The summed E-state index contributed by atoms with van der Waals surface area (Å²) in [7, 11) is 0. The van der Waals surface area contributed by atoms with Crippen molar-refractivity contribution < 1.29 is 9.53 Å². The van der Waals surface area contributed by atoms with E-state index >= 15 is 0 Å². The summed E-state index contributed by atoms with van der Waals surface area (Å²) in [4.78, 5) is 14.5. The molecule has 0 saturated carbocycles. The van der Waals surface area contributed by atoms with Gasteiger partial charge in [0.05, 0.1) is 18.8 Å². The normalized spacial score (nSPS) is 15.9. The van der Waals surface area contributed by atoms with Crippen molar-refractivity contribution in [2.75, 3.05) is 38.6 Å². The molecule has 1 fully saturated rings. The quantitative estimate of drug-likeness (QED) is 0.808. The summed E-state index contributed by atoms with van der Waals surface area (Å²) in [6, 6.07) is 3.84. The molecule has 5 nitrogen and oxygen atoms in total. The predicted molar refractivity (Wildman–Crippen MR) is 84.3 cm³/mol. The Morgan fingerprint density at radius 2 is 2.10 bits per heavy atom. The molecule has 0 spiro atoms. The molecule has 1 aromatic carbocycles. The Kier molecular flexibility index (Phi) is 5.59. The molecule has 5 heteroatoms. The summed E-state index contributed by atoms with van der Waals surface area (Å²) in [5.41, 5.74) is 9.42. The van der Waals surface area contributed by atoms with Crippen molar-refractivity contribution in [1.29, 1.82) is 0 Å². The monoisotopic (exact) mass is 291 g/mol. The molecule has 0 unspecified atom stereocenters. The molecule has 1 aliphatic heterocycles. The Bertz CT molecular complexity index is 497. The van der Waals surface area contributed by atoms with Crippen molar-refractivity contribution in [3.05, 3.63) is 28.8 Å². The van der Waals surface area contributed by atoms with Crippen LogP contribution in [0.2, 0.25) is 0 Å². The maximum absolute atomic E-state index is 12.2. The van der Waals surface area contributed by atoms with E-state index in [0.717, 1.165) is 50.4 Å². The van der Waals surface area contributed by atoms with Crippen molar-refractivity contribution in [2.24, 2.45) is 0 Å². The van der Waals surface area contributed by atoms with Crippen LogP contribution in [0.25, 0.3) is 0 Å². The number of aryl methyl sites for hydroxylation is 1. The number of nitrogens with zero attached hydrogens (tertiary/aromatic N) is 1. The van der Waals surface area contributed by atoms with E-state index in [2.05, 4.69) is 10.2 Å². The second-order valence-corrected chi connectivity index (χ2v) is 5.51. The molecule has 2 rings (SSSR count). The first-order chi connectivity index (χ1) is 10.1. The van der Waals surface area contributed by atoms with Gasteiger partial charge in [0.2, 0.25) is 0 Å². The predicted octanol–water partition coefficient (Wildman–Crippen LogP) is 1.55. The van der Waals surface area contributed by atoms with Gasteiger partial charge in [-0.25, -0.2) is 0 Å². The average molecular weight is 291 g/mol. The van der Waals surface area contributed by atoms with Gasteiger partial charge in [0, 0.05) is 31.9 Å². The highest BCUT2D eigenvalue weighted by Gasteiger charge is 2.16. The summed E-state index contributed by atoms with van der Waals surface area (Å²) in [5.74, 6) is -0.0856. The van der Waals surface area contributed by atoms with Gasteiger partial charge in [-0.3, -0.25) is 9.69 Å². The van der Waals surface area contributed by atoms with Gasteiger partial charge in [-0.1, -0.05) is 6.92 Å². The number of carbonyl (C=O) groups is 1. The summed E-state index contributed by atoms with van der Waals surface area (Å²) in [5, 5.41) is 2.89. The molecule has 0 bridgehead atoms. The third-order valence-electron chi connectivity index (χ3n) is 3.79. The molecule has 1 amide bonds. The second-order valence-electron chi connectivity index (χ2n) is 5.51. The number of anilines is 1. The van der Waals surface area contributed by atoms with Gasteiger partial charge in [-0.2, -0.15) is 0 Å². The fraction of sp³-hybridized carbons (Fsp3) is 0.562. The van der Waals surface area contributed by atoms with Crippen LogP contribution in [0.3, 0.4) is 0 Å². The standard InChI is InChI=1S/C16H25N3O2/c1-3-4-18-16(20)14-10-13(12(2)9-15(14)17)11-19-5-7-21-8-6-19/h9-10H,3-8,11,17H2,1-2H3,(H,18,20). The molecule has 1 saturated heterocycles. The van der Waals surface area contributed by atoms with Crippen LogP contribution < -0.4 is 11.1 Å². The molecule has 0 atom stereocenters. The Balaban J connectivity index is 2.15. The van der Waals surface area contributed by atoms with Crippen molar-refractivity contribution in [3.8, 4) is 0 Å². The zero-order valence-corrected chi connectivity index (χ0v) is 12.9. The molecule has 1 heterocycles. The number of hydrogen-bond donors (Lipinski definition) is 2. The van der Waals surface area contributed by atoms with Crippen LogP contribution in [-0.2, 0) is 11.3 Å². The van der Waals surface area contributed by atoms with E-state index < -0.39 is 0 Å². The third-order valence-corrected chi connectivity index (χ3v) is 3.79. The molecular weight excluding hydrogens is 266 g/mol. The summed E-state index contributed by atoms with van der Waals surface area (Å²) >= 11 is 0. The van der Waals surface area contributed by atoms with Gasteiger partial charge < -0.3 is 15.8 Å². The van der Waals surface area contributed by atoms with Gasteiger partial charge in [-0.05, 0) is 36.6 Å².